The maximum Gasteiger partial charge on any atom is 0.338 e. The van der Waals surface area contributed by atoms with Crippen molar-refractivity contribution >= 4 is 23.3 Å². The van der Waals surface area contributed by atoms with Crippen LogP contribution in [0.5, 0.6) is 5.75 Å². The van der Waals surface area contributed by atoms with Crippen LogP contribution in [0.2, 0.25) is 0 Å². The Hall–Kier alpha value is -3.42. The number of amides is 1. The normalized spacial score (nSPS) is 10.4. The summed E-state index contributed by atoms with van der Waals surface area (Å²) < 4.78 is 5.71. The third-order valence-electron chi connectivity index (χ3n) is 4.56. The van der Waals surface area contributed by atoms with Gasteiger partial charge >= 0.3 is 5.97 Å². The average molecular weight is 414 g/mol. The number of carbonyl (C=O) groups is 2. The number of carbonyl (C=O) groups excluding carboxylic acids is 1. The number of unbranched alkanes of at least 4 members (excludes halogenated alkanes) is 5. The van der Waals surface area contributed by atoms with Crippen molar-refractivity contribution < 1.29 is 24.4 Å². The standard InChI is InChI=1S/C22H26N2O6/c1-2-3-4-5-6-7-13-30-18-10-8-9-16(14-18)21(25)23-20-12-11-17(24(28)29)15-19(20)22(26)27/h8-12,14-15H,2-7,13H2,1H3,(H,23,25)(H,26,27). The van der Waals surface area contributed by atoms with Crippen LogP contribution in [0.1, 0.15) is 66.2 Å². The van der Waals surface area contributed by atoms with Crippen molar-refractivity contribution in [1.82, 2.24) is 0 Å². The monoisotopic (exact) mass is 414 g/mol. The Morgan fingerprint density at radius 2 is 1.80 bits per heavy atom. The molecule has 0 saturated carbocycles. The first kappa shape index (κ1) is 22.9. The minimum Gasteiger partial charge on any atom is -0.494 e. The van der Waals surface area contributed by atoms with Crippen LogP contribution in [-0.4, -0.2) is 28.5 Å². The van der Waals surface area contributed by atoms with Crippen molar-refractivity contribution in [2.24, 2.45) is 0 Å². The first-order chi connectivity index (χ1) is 14.4. The van der Waals surface area contributed by atoms with Crippen LogP contribution >= 0.6 is 0 Å². The molecule has 30 heavy (non-hydrogen) atoms. The largest absolute Gasteiger partial charge is 0.494 e. The molecule has 0 heterocycles. The molecule has 0 radical (unpaired) electrons. The summed E-state index contributed by atoms with van der Waals surface area (Å²) in [4.78, 5) is 34.1. The second-order valence-electron chi connectivity index (χ2n) is 6.89. The van der Waals surface area contributed by atoms with Gasteiger partial charge in [-0.15, -0.1) is 0 Å². The quantitative estimate of drug-likeness (QED) is 0.277. The fourth-order valence-corrected chi connectivity index (χ4v) is 2.93. The Kier molecular flexibility index (Phi) is 8.80. The van der Waals surface area contributed by atoms with Crippen LogP contribution in [-0.2, 0) is 0 Å². The van der Waals surface area contributed by atoms with Gasteiger partial charge in [0.1, 0.15) is 5.75 Å². The number of aromatic carboxylic acids is 1. The molecule has 8 nitrogen and oxygen atoms in total. The lowest BCUT2D eigenvalue weighted by atomic mass is 10.1. The highest BCUT2D eigenvalue weighted by Gasteiger charge is 2.18. The Balaban J connectivity index is 1.98. The molecule has 0 atom stereocenters. The molecule has 0 aliphatic heterocycles. The number of non-ortho nitro benzene ring substituents is 1. The minimum absolute atomic E-state index is 0.0171. The predicted molar refractivity (Wildman–Crippen MR) is 113 cm³/mol. The van der Waals surface area contributed by atoms with E-state index in [4.69, 9.17) is 4.74 Å². The highest BCUT2D eigenvalue weighted by Crippen LogP contribution is 2.23. The second-order valence-corrected chi connectivity index (χ2v) is 6.89. The van der Waals surface area contributed by atoms with Gasteiger partial charge in [0.2, 0.25) is 0 Å². The molecule has 1 amide bonds. The zero-order chi connectivity index (χ0) is 21.9. The molecule has 0 spiro atoms. The molecule has 0 aliphatic rings. The molecule has 0 unspecified atom stereocenters. The van der Waals surface area contributed by atoms with E-state index in [1.54, 1.807) is 24.3 Å². The number of ether oxygens (including phenoxy) is 1. The van der Waals surface area contributed by atoms with Gasteiger partial charge in [0.15, 0.2) is 0 Å². The van der Waals surface area contributed by atoms with Crippen LogP contribution in [0.4, 0.5) is 11.4 Å². The van der Waals surface area contributed by atoms with E-state index in [1.165, 1.54) is 31.7 Å². The Morgan fingerprint density at radius 1 is 1.07 bits per heavy atom. The van der Waals surface area contributed by atoms with Crippen molar-refractivity contribution in [1.29, 1.82) is 0 Å². The number of anilines is 1. The Bertz CT molecular complexity index is 897. The second kappa shape index (κ2) is 11.5. The fraction of sp³-hybridized carbons (Fsp3) is 0.364. The fourth-order valence-electron chi connectivity index (χ4n) is 2.93. The molecular formula is C22H26N2O6. The van der Waals surface area contributed by atoms with E-state index in [2.05, 4.69) is 12.2 Å². The molecule has 8 heteroatoms. The smallest absolute Gasteiger partial charge is 0.338 e. The lowest BCUT2D eigenvalue weighted by molar-refractivity contribution is -0.384. The summed E-state index contributed by atoms with van der Waals surface area (Å²) in [5.74, 6) is -1.35. The van der Waals surface area contributed by atoms with Gasteiger partial charge in [0.05, 0.1) is 22.8 Å². The van der Waals surface area contributed by atoms with E-state index in [0.29, 0.717) is 17.9 Å². The number of carboxylic acid groups (broad SMARTS) is 1. The Morgan fingerprint density at radius 3 is 2.50 bits per heavy atom. The van der Waals surface area contributed by atoms with Crippen molar-refractivity contribution in [3.05, 3.63) is 63.7 Å². The minimum atomic E-state index is -1.37. The maximum absolute atomic E-state index is 12.5. The summed E-state index contributed by atoms with van der Waals surface area (Å²) in [7, 11) is 0. The van der Waals surface area contributed by atoms with E-state index < -0.39 is 16.8 Å². The third-order valence-corrected chi connectivity index (χ3v) is 4.56. The van der Waals surface area contributed by atoms with Gasteiger partial charge in [0, 0.05) is 17.7 Å². The van der Waals surface area contributed by atoms with E-state index in [0.717, 1.165) is 25.0 Å². The number of hydrogen-bond donors (Lipinski definition) is 2. The third kappa shape index (κ3) is 6.88. The molecule has 0 saturated heterocycles. The number of hydrogen-bond acceptors (Lipinski definition) is 5. The van der Waals surface area contributed by atoms with Gasteiger partial charge in [0.25, 0.3) is 11.6 Å². The molecule has 2 rings (SSSR count). The van der Waals surface area contributed by atoms with Gasteiger partial charge in [-0.25, -0.2) is 4.79 Å². The van der Waals surface area contributed by atoms with Gasteiger partial charge in [-0.3, -0.25) is 14.9 Å². The molecule has 2 N–H and O–H groups in total. The first-order valence-corrected chi connectivity index (χ1v) is 9.98. The van der Waals surface area contributed by atoms with Crippen LogP contribution < -0.4 is 10.1 Å². The van der Waals surface area contributed by atoms with Crippen LogP contribution in [0, 0.1) is 10.1 Å². The summed E-state index contributed by atoms with van der Waals surface area (Å²) in [6.07, 6.45) is 6.90. The highest BCUT2D eigenvalue weighted by atomic mass is 16.6. The first-order valence-electron chi connectivity index (χ1n) is 9.98. The number of nitrogens with zero attached hydrogens (tertiary/aromatic N) is 1. The van der Waals surface area contributed by atoms with E-state index in [1.807, 2.05) is 0 Å². The zero-order valence-corrected chi connectivity index (χ0v) is 16.9. The number of nitro benzene ring substituents is 1. The molecule has 0 aliphatic carbocycles. The number of nitro groups is 1. The summed E-state index contributed by atoms with van der Waals surface area (Å²) in [6.45, 7) is 2.74. The molecular weight excluding hydrogens is 388 g/mol. The highest BCUT2D eigenvalue weighted by molar-refractivity contribution is 6.08. The van der Waals surface area contributed by atoms with Crippen molar-refractivity contribution in [2.45, 2.75) is 45.4 Å². The van der Waals surface area contributed by atoms with Gasteiger partial charge in [-0.1, -0.05) is 45.1 Å². The van der Waals surface area contributed by atoms with Gasteiger partial charge in [-0.05, 0) is 30.7 Å². The maximum atomic E-state index is 12.5. The van der Waals surface area contributed by atoms with Crippen LogP contribution in [0.15, 0.2) is 42.5 Å². The molecule has 0 aromatic heterocycles. The summed E-state index contributed by atoms with van der Waals surface area (Å²) in [5, 5.41) is 22.6. The molecule has 0 fully saturated rings. The van der Waals surface area contributed by atoms with E-state index >= 15 is 0 Å². The Labute approximate surface area is 175 Å². The van der Waals surface area contributed by atoms with Crippen molar-refractivity contribution in [2.75, 3.05) is 11.9 Å². The van der Waals surface area contributed by atoms with Crippen molar-refractivity contribution in [3.8, 4) is 5.75 Å². The molecule has 0 bridgehead atoms. The SMILES string of the molecule is CCCCCCCCOc1cccc(C(=O)Nc2ccc([N+](=O)[O-])cc2C(=O)O)c1. The number of rotatable bonds is 12. The number of nitrogens with one attached hydrogen (secondary N) is 1. The van der Waals surface area contributed by atoms with Crippen LogP contribution in [0.3, 0.4) is 0 Å². The molecule has 160 valence electrons. The van der Waals surface area contributed by atoms with Crippen LogP contribution in [0.25, 0.3) is 0 Å². The summed E-state index contributed by atoms with van der Waals surface area (Å²) in [6, 6.07) is 9.86. The van der Waals surface area contributed by atoms with Gasteiger partial charge < -0.3 is 15.2 Å². The van der Waals surface area contributed by atoms with E-state index in [9.17, 15) is 24.8 Å². The van der Waals surface area contributed by atoms with Gasteiger partial charge in [-0.2, -0.15) is 0 Å². The number of carboxylic acids is 1. The summed E-state index contributed by atoms with van der Waals surface area (Å²) in [5.41, 5.74) is -0.440. The zero-order valence-electron chi connectivity index (χ0n) is 16.9. The summed E-state index contributed by atoms with van der Waals surface area (Å²) >= 11 is 0. The number of benzene rings is 2. The molecule has 2 aromatic rings. The lowest BCUT2D eigenvalue weighted by Crippen LogP contribution is -2.15. The molecule has 2 aromatic carbocycles. The lowest BCUT2D eigenvalue weighted by Gasteiger charge is -2.10. The van der Waals surface area contributed by atoms with E-state index in [-0.39, 0.29) is 16.9 Å². The topological polar surface area (TPSA) is 119 Å². The van der Waals surface area contributed by atoms with Crippen molar-refractivity contribution in [3.63, 3.8) is 0 Å². The average Bonchev–Trinajstić information content (AvgIpc) is 2.73. The predicted octanol–water partition coefficient (Wildman–Crippen LogP) is 5.28.